The molecule has 0 spiro atoms. The van der Waals surface area contributed by atoms with Gasteiger partial charge in [0.1, 0.15) is 6.29 Å². The largest absolute Gasteiger partial charge is 0.624 e. The maximum atomic E-state index is 11.0. The van der Waals surface area contributed by atoms with E-state index < -0.39 is 0 Å². The summed E-state index contributed by atoms with van der Waals surface area (Å²) in [6.45, 7) is 2.49. The van der Waals surface area contributed by atoms with Gasteiger partial charge in [0.25, 0.3) is 0 Å². The molecule has 0 aliphatic carbocycles. The SMILES string of the molecule is CCCCCCC/C=[N+](\[O-])CCC=O. The molecular formula is C11H21NO2. The Bertz CT molecular complexity index is 167. The van der Waals surface area contributed by atoms with Crippen molar-refractivity contribution in [2.75, 3.05) is 6.54 Å². The molecule has 0 rings (SSSR count). The monoisotopic (exact) mass is 199 g/mol. The van der Waals surface area contributed by atoms with Gasteiger partial charge >= 0.3 is 0 Å². The Morgan fingerprint density at radius 3 is 2.50 bits per heavy atom. The van der Waals surface area contributed by atoms with Crippen LogP contribution in [0.25, 0.3) is 0 Å². The van der Waals surface area contributed by atoms with Crippen molar-refractivity contribution in [2.45, 2.75) is 51.9 Å². The molecule has 0 aromatic rings. The van der Waals surface area contributed by atoms with Crippen molar-refractivity contribution in [1.29, 1.82) is 0 Å². The highest BCUT2D eigenvalue weighted by atomic mass is 16.5. The highest BCUT2D eigenvalue weighted by Crippen LogP contribution is 2.03. The van der Waals surface area contributed by atoms with Gasteiger partial charge < -0.3 is 10.0 Å². The van der Waals surface area contributed by atoms with Gasteiger partial charge in [-0.1, -0.05) is 32.6 Å². The molecule has 0 fully saturated rings. The Morgan fingerprint density at radius 2 is 1.86 bits per heavy atom. The molecule has 0 radical (unpaired) electrons. The summed E-state index contributed by atoms with van der Waals surface area (Å²) in [5, 5.41) is 11.0. The van der Waals surface area contributed by atoms with E-state index in [4.69, 9.17) is 0 Å². The van der Waals surface area contributed by atoms with Crippen molar-refractivity contribution in [2.24, 2.45) is 0 Å². The zero-order valence-electron chi connectivity index (χ0n) is 9.08. The van der Waals surface area contributed by atoms with Crippen molar-refractivity contribution < 1.29 is 9.53 Å². The van der Waals surface area contributed by atoms with Gasteiger partial charge in [-0.05, 0) is 6.42 Å². The number of rotatable bonds is 9. The van der Waals surface area contributed by atoms with Crippen LogP contribution in [0.2, 0.25) is 0 Å². The molecule has 0 aliphatic rings. The van der Waals surface area contributed by atoms with E-state index in [-0.39, 0.29) is 0 Å². The predicted molar refractivity (Wildman–Crippen MR) is 58.6 cm³/mol. The van der Waals surface area contributed by atoms with E-state index in [2.05, 4.69) is 6.92 Å². The quantitative estimate of drug-likeness (QED) is 0.143. The van der Waals surface area contributed by atoms with E-state index in [1.54, 1.807) is 6.21 Å². The Labute approximate surface area is 86.4 Å². The number of nitrogens with zero attached hydrogens (tertiary/aromatic N) is 1. The second-order valence-corrected chi connectivity index (χ2v) is 3.48. The fourth-order valence-electron chi connectivity index (χ4n) is 1.25. The van der Waals surface area contributed by atoms with Gasteiger partial charge in [0.15, 0.2) is 12.8 Å². The second kappa shape index (κ2) is 10.2. The standard InChI is InChI=1S/C11H21NO2/c1-2-3-4-5-6-7-9-12(14)10-8-11-13/h9,11H,2-8,10H2,1H3/b12-9-. The number of hydrogen-bond acceptors (Lipinski definition) is 2. The lowest BCUT2D eigenvalue weighted by Gasteiger charge is -2.01. The van der Waals surface area contributed by atoms with Crippen LogP contribution in [0.4, 0.5) is 0 Å². The van der Waals surface area contributed by atoms with Crippen molar-refractivity contribution in [1.82, 2.24) is 0 Å². The minimum absolute atomic E-state index is 0.304. The Kier molecular flexibility index (Phi) is 9.59. The summed E-state index contributed by atoms with van der Waals surface area (Å²) >= 11 is 0. The summed E-state index contributed by atoms with van der Waals surface area (Å²) < 4.78 is 0.869. The molecule has 0 saturated carbocycles. The number of aldehydes is 1. The maximum Gasteiger partial charge on any atom is 0.159 e. The van der Waals surface area contributed by atoms with Crippen LogP contribution < -0.4 is 0 Å². The first kappa shape index (κ1) is 13.1. The van der Waals surface area contributed by atoms with E-state index in [0.29, 0.717) is 13.0 Å². The molecule has 14 heavy (non-hydrogen) atoms. The molecule has 3 nitrogen and oxygen atoms in total. The van der Waals surface area contributed by atoms with Gasteiger partial charge in [0.2, 0.25) is 0 Å². The summed E-state index contributed by atoms with van der Waals surface area (Å²) in [7, 11) is 0. The number of carbonyl (C=O) groups excluding carboxylic acids is 1. The Balaban J connectivity index is 3.27. The molecule has 0 amide bonds. The van der Waals surface area contributed by atoms with E-state index in [0.717, 1.165) is 23.9 Å². The van der Waals surface area contributed by atoms with Crippen LogP contribution in [0.3, 0.4) is 0 Å². The van der Waals surface area contributed by atoms with Crippen molar-refractivity contribution in [3.63, 3.8) is 0 Å². The number of carbonyl (C=O) groups is 1. The average Bonchev–Trinajstić information content (AvgIpc) is 2.20. The predicted octanol–water partition coefficient (Wildman–Crippen LogP) is 2.52. The first-order valence-electron chi connectivity index (χ1n) is 5.52. The zero-order valence-corrected chi connectivity index (χ0v) is 9.08. The van der Waals surface area contributed by atoms with Crippen LogP contribution >= 0.6 is 0 Å². The van der Waals surface area contributed by atoms with Crippen LogP contribution in [0.15, 0.2) is 0 Å². The van der Waals surface area contributed by atoms with Gasteiger partial charge in [-0.3, -0.25) is 0 Å². The average molecular weight is 199 g/mol. The Morgan fingerprint density at radius 1 is 1.14 bits per heavy atom. The van der Waals surface area contributed by atoms with Gasteiger partial charge in [0.05, 0.1) is 6.42 Å². The molecule has 0 saturated heterocycles. The summed E-state index contributed by atoms with van der Waals surface area (Å²) in [4.78, 5) is 9.98. The van der Waals surface area contributed by atoms with Gasteiger partial charge in [-0.2, -0.15) is 0 Å². The second-order valence-electron chi connectivity index (χ2n) is 3.48. The number of unbranched alkanes of at least 4 members (excludes halogenated alkanes) is 5. The Hall–Kier alpha value is -0.860. The lowest BCUT2D eigenvalue weighted by atomic mass is 10.1. The molecular weight excluding hydrogens is 178 g/mol. The third-order valence-corrected chi connectivity index (χ3v) is 2.11. The molecule has 0 aromatic carbocycles. The lowest BCUT2D eigenvalue weighted by Crippen LogP contribution is -2.07. The van der Waals surface area contributed by atoms with E-state index in [9.17, 15) is 10.0 Å². The first-order valence-corrected chi connectivity index (χ1v) is 5.52. The van der Waals surface area contributed by atoms with E-state index >= 15 is 0 Å². The topological polar surface area (TPSA) is 43.1 Å². The number of hydrogen-bond donors (Lipinski definition) is 0. The summed E-state index contributed by atoms with van der Waals surface area (Å²) in [5.41, 5.74) is 0. The molecule has 82 valence electrons. The molecule has 0 atom stereocenters. The van der Waals surface area contributed by atoms with E-state index in [1.807, 2.05) is 0 Å². The van der Waals surface area contributed by atoms with Crippen LogP contribution in [0, 0.1) is 5.21 Å². The maximum absolute atomic E-state index is 11.0. The van der Waals surface area contributed by atoms with Crippen LogP contribution in [0.5, 0.6) is 0 Å². The minimum atomic E-state index is 0.304. The third kappa shape index (κ3) is 9.23. The highest BCUT2D eigenvalue weighted by Gasteiger charge is 1.93. The first-order chi connectivity index (χ1) is 6.81. The molecule has 0 aromatic heterocycles. The number of hydroxylamine groups is 1. The molecule has 0 bridgehead atoms. The van der Waals surface area contributed by atoms with Crippen LogP contribution in [-0.2, 0) is 4.79 Å². The fourth-order valence-corrected chi connectivity index (χ4v) is 1.25. The molecule has 0 N–H and O–H groups in total. The summed E-state index contributed by atoms with van der Waals surface area (Å²) in [6.07, 6.45) is 9.67. The van der Waals surface area contributed by atoms with Crippen molar-refractivity contribution in [3.05, 3.63) is 5.21 Å². The highest BCUT2D eigenvalue weighted by molar-refractivity contribution is 5.52. The summed E-state index contributed by atoms with van der Waals surface area (Å²) in [5.74, 6) is 0. The minimum Gasteiger partial charge on any atom is -0.624 e. The lowest BCUT2D eigenvalue weighted by molar-refractivity contribution is -0.452. The van der Waals surface area contributed by atoms with Crippen LogP contribution in [0.1, 0.15) is 51.9 Å². The smallest absolute Gasteiger partial charge is 0.159 e. The molecule has 3 heteroatoms. The summed E-state index contributed by atoms with van der Waals surface area (Å²) in [6, 6.07) is 0. The van der Waals surface area contributed by atoms with Gasteiger partial charge in [-0.15, -0.1) is 0 Å². The van der Waals surface area contributed by atoms with Gasteiger partial charge in [-0.25, -0.2) is 4.74 Å². The third-order valence-electron chi connectivity index (χ3n) is 2.11. The van der Waals surface area contributed by atoms with Crippen LogP contribution in [-0.4, -0.2) is 23.8 Å². The van der Waals surface area contributed by atoms with E-state index in [1.165, 1.54) is 25.7 Å². The van der Waals surface area contributed by atoms with Crippen molar-refractivity contribution in [3.8, 4) is 0 Å². The molecule has 0 aliphatic heterocycles. The van der Waals surface area contributed by atoms with Crippen molar-refractivity contribution >= 4 is 12.5 Å². The zero-order chi connectivity index (χ0) is 10.6. The van der Waals surface area contributed by atoms with Gasteiger partial charge in [0, 0.05) is 6.42 Å². The normalized spacial score (nSPS) is 11.6. The molecule has 0 heterocycles. The molecule has 0 unspecified atom stereocenters. The fraction of sp³-hybridized carbons (Fsp3) is 0.818.